The zero-order valence-electron chi connectivity index (χ0n) is 12.0. The van der Waals surface area contributed by atoms with E-state index in [0.717, 1.165) is 0 Å². The standard InChI is InChI=1S/C12H17N5O3S/c1-7(10(18)13-4-5-19-2)17-9-8(16-12(17)21)11(20-3)15-6-14-9/h6-7H,4-5H2,1-3H3,(H,13,18)(H,16,21). The predicted molar refractivity (Wildman–Crippen MR) is 78.9 cm³/mol. The number of nitrogens with one attached hydrogen (secondary N) is 2. The molecule has 0 aliphatic rings. The minimum atomic E-state index is -0.511. The number of rotatable bonds is 6. The highest BCUT2D eigenvalue weighted by Gasteiger charge is 2.20. The number of aromatic nitrogens is 4. The molecule has 8 nitrogen and oxygen atoms in total. The molecule has 1 amide bonds. The Morgan fingerprint density at radius 1 is 1.52 bits per heavy atom. The predicted octanol–water partition coefficient (Wildman–Crippen LogP) is 0.821. The van der Waals surface area contributed by atoms with Crippen molar-refractivity contribution in [2.75, 3.05) is 27.4 Å². The maximum absolute atomic E-state index is 12.1. The molecule has 0 aliphatic carbocycles. The van der Waals surface area contributed by atoms with Gasteiger partial charge in [-0.25, -0.2) is 4.98 Å². The summed E-state index contributed by atoms with van der Waals surface area (Å²) in [5.41, 5.74) is 1.10. The molecule has 0 saturated carbocycles. The third-order valence-electron chi connectivity index (χ3n) is 3.04. The van der Waals surface area contributed by atoms with E-state index in [4.69, 9.17) is 21.7 Å². The summed E-state index contributed by atoms with van der Waals surface area (Å²) >= 11 is 5.27. The van der Waals surface area contributed by atoms with Crippen molar-refractivity contribution in [1.82, 2.24) is 24.8 Å². The van der Waals surface area contributed by atoms with E-state index in [1.807, 2.05) is 0 Å². The van der Waals surface area contributed by atoms with Gasteiger partial charge in [0.2, 0.25) is 11.8 Å². The molecular formula is C12H17N5O3S. The van der Waals surface area contributed by atoms with Crippen LogP contribution in [0.4, 0.5) is 0 Å². The van der Waals surface area contributed by atoms with E-state index in [9.17, 15) is 4.79 Å². The van der Waals surface area contributed by atoms with Gasteiger partial charge in [0.15, 0.2) is 10.4 Å². The van der Waals surface area contributed by atoms with Crippen LogP contribution in [0.2, 0.25) is 0 Å². The molecule has 2 aromatic rings. The Labute approximate surface area is 126 Å². The molecule has 21 heavy (non-hydrogen) atoms. The third kappa shape index (κ3) is 3.03. The summed E-state index contributed by atoms with van der Waals surface area (Å²) in [7, 11) is 3.09. The van der Waals surface area contributed by atoms with Crippen LogP contribution in [0.15, 0.2) is 6.33 Å². The topological polar surface area (TPSA) is 94.1 Å². The summed E-state index contributed by atoms with van der Waals surface area (Å²) in [6, 6.07) is -0.511. The summed E-state index contributed by atoms with van der Waals surface area (Å²) in [5, 5.41) is 2.77. The van der Waals surface area contributed by atoms with Gasteiger partial charge in [0.1, 0.15) is 17.9 Å². The lowest BCUT2D eigenvalue weighted by atomic mass is 10.3. The largest absolute Gasteiger partial charge is 0.479 e. The molecule has 0 fully saturated rings. The molecule has 2 N–H and O–H groups in total. The number of amides is 1. The first kappa shape index (κ1) is 15.4. The van der Waals surface area contributed by atoms with Crippen molar-refractivity contribution in [1.29, 1.82) is 0 Å². The molecule has 9 heteroatoms. The van der Waals surface area contributed by atoms with Crippen LogP contribution in [0.25, 0.3) is 11.2 Å². The van der Waals surface area contributed by atoms with Crippen molar-refractivity contribution in [3.05, 3.63) is 11.1 Å². The molecule has 0 aliphatic heterocycles. The zero-order valence-corrected chi connectivity index (χ0v) is 12.9. The second-order valence-corrected chi connectivity index (χ2v) is 4.73. The van der Waals surface area contributed by atoms with Gasteiger partial charge in [0.05, 0.1) is 13.7 Å². The average molecular weight is 311 g/mol. The molecular weight excluding hydrogens is 294 g/mol. The van der Waals surface area contributed by atoms with Crippen LogP contribution in [-0.2, 0) is 9.53 Å². The number of carbonyl (C=O) groups is 1. The summed E-state index contributed by atoms with van der Waals surface area (Å²) in [5.74, 6) is 0.221. The van der Waals surface area contributed by atoms with Crippen molar-refractivity contribution in [3.63, 3.8) is 0 Å². The Morgan fingerprint density at radius 2 is 2.29 bits per heavy atom. The maximum atomic E-state index is 12.1. The maximum Gasteiger partial charge on any atom is 0.243 e. The number of H-pyrrole nitrogens is 1. The van der Waals surface area contributed by atoms with E-state index in [0.29, 0.717) is 35.0 Å². The number of ether oxygens (including phenoxy) is 2. The molecule has 2 aromatic heterocycles. The number of hydrogen-bond acceptors (Lipinski definition) is 6. The Hall–Kier alpha value is -2.00. The van der Waals surface area contributed by atoms with Crippen LogP contribution >= 0.6 is 12.2 Å². The van der Waals surface area contributed by atoms with Crippen molar-refractivity contribution in [3.8, 4) is 5.88 Å². The van der Waals surface area contributed by atoms with Crippen LogP contribution in [0, 0.1) is 4.77 Å². The monoisotopic (exact) mass is 311 g/mol. The van der Waals surface area contributed by atoms with Crippen molar-refractivity contribution < 1.29 is 14.3 Å². The van der Waals surface area contributed by atoms with Crippen molar-refractivity contribution >= 4 is 29.3 Å². The normalized spacial score (nSPS) is 12.3. The van der Waals surface area contributed by atoms with Crippen molar-refractivity contribution in [2.24, 2.45) is 0 Å². The SMILES string of the molecule is COCCNC(=O)C(C)n1c(=S)[nH]c2c(OC)ncnc21. The minimum Gasteiger partial charge on any atom is -0.479 e. The Balaban J connectivity index is 2.35. The molecule has 2 heterocycles. The number of carbonyl (C=O) groups excluding carboxylic acids is 1. The van der Waals surface area contributed by atoms with E-state index < -0.39 is 6.04 Å². The van der Waals surface area contributed by atoms with E-state index in [2.05, 4.69) is 20.3 Å². The van der Waals surface area contributed by atoms with Gasteiger partial charge < -0.3 is 19.8 Å². The molecule has 0 spiro atoms. The summed E-state index contributed by atoms with van der Waals surface area (Å²) in [6.45, 7) is 2.64. The Bertz CT molecular complexity index is 696. The van der Waals surface area contributed by atoms with E-state index in [1.165, 1.54) is 13.4 Å². The molecule has 2 rings (SSSR count). The number of imidazole rings is 1. The van der Waals surface area contributed by atoms with Gasteiger partial charge in [0.25, 0.3) is 0 Å². The fraction of sp³-hybridized carbons (Fsp3) is 0.500. The number of fused-ring (bicyclic) bond motifs is 1. The highest BCUT2D eigenvalue weighted by Crippen LogP contribution is 2.23. The molecule has 0 aromatic carbocycles. The van der Waals surface area contributed by atoms with Gasteiger partial charge in [-0.1, -0.05) is 0 Å². The van der Waals surface area contributed by atoms with Crippen LogP contribution in [0.1, 0.15) is 13.0 Å². The molecule has 0 bridgehead atoms. The summed E-state index contributed by atoms with van der Waals surface area (Å²) in [4.78, 5) is 23.3. The number of aromatic amines is 1. The highest BCUT2D eigenvalue weighted by molar-refractivity contribution is 7.71. The molecule has 114 valence electrons. The first-order valence-electron chi connectivity index (χ1n) is 6.36. The average Bonchev–Trinajstić information content (AvgIpc) is 2.82. The first-order valence-corrected chi connectivity index (χ1v) is 6.76. The van der Waals surface area contributed by atoms with Gasteiger partial charge in [0, 0.05) is 13.7 Å². The van der Waals surface area contributed by atoms with Crippen molar-refractivity contribution in [2.45, 2.75) is 13.0 Å². The first-order chi connectivity index (χ1) is 10.1. The fourth-order valence-corrected chi connectivity index (χ4v) is 2.32. The molecule has 1 atom stereocenters. The van der Waals surface area contributed by atoms with Gasteiger partial charge >= 0.3 is 0 Å². The molecule has 0 radical (unpaired) electrons. The lowest BCUT2D eigenvalue weighted by Gasteiger charge is -2.14. The third-order valence-corrected chi connectivity index (χ3v) is 3.34. The van der Waals surface area contributed by atoms with Crippen LogP contribution in [-0.4, -0.2) is 52.8 Å². The highest BCUT2D eigenvalue weighted by atomic mass is 32.1. The van der Waals surface area contributed by atoms with Gasteiger partial charge in [-0.15, -0.1) is 0 Å². The smallest absolute Gasteiger partial charge is 0.243 e. The van der Waals surface area contributed by atoms with Gasteiger partial charge in [-0.2, -0.15) is 4.98 Å². The lowest BCUT2D eigenvalue weighted by Crippen LogP contribution is -2.33. The molecule has 0 saturated heterocycles. The number of hydrogen-bond donors (Lipinski definition) is 2. The summed E-state index contributed by atoms with van der Waals surface area (Å²) in [6.07, 6.45) is 1.37. The van der Waals surface area contributed by atoms with Gasteiger partial charge in [-0.3, -0.25) is 9.36 Å². The molecule has 1 unspecified atom stereocenters. The zero-order chi connectivity index (χ0) is 15.4. The van der Waals surface area contributed by atoms with Crippen LogP contribution < -0.4 is 10.1 Å². The lowest BCUT2D eigenvalue weighted by molar-refractivity contribution is -0.124. The Morgan fingerprint density at radius 3 is 2.95 bits per heavy atom. The van der Waals surface area contributed by atoms with E-state index >= 15 is 0 Å². The Kier molecular flexibility index (Phi) is 4.86. The summed E-state index contributed by atoms with van der Waals surface area (Å²) < 4.78 is 12.1. The minimum absolute atomic E-state index is 0.165. The van der Waals surface area contributed by atoms with Crippen LogP contribution in [0.3, 0.4) is 0 Å². The second-order valence-electron chi connectivity index (χ2n) is 4.34. The van der Waals surface area contributed by atoms with Crippen LogP contribution in [0.5, 0.6) is 5.88 Å². The quantitative estimate of drug-likeness (QED) is 0.606. The number of methoxy groups -OCH3 is 2. The van der Waals surface area contributed by atoms with Gasteiger partial charge in [-0.05, 0) is 19.1 Å². The fourth-order valence-electron chi connectivity index (χ4n) is 1.97. The van der Waals surface area contributed by atoms with E-state index in [1.54, 1.807) is 18.6 Å². The second kappa shape index (κ2) is 6.64. The van der Waals surface area contributed by atoms with E-state index in [-0.39, 0.29) is 5.91 Å². The number of nitrogens with zero attached hydrogens (tertiary/aromatic N) is 3.